The van der Waals surface area contributed by atoms with Crippen LogP contribution in [0.15, 0.2) is 27.5 Å². The Bertz CT molecular complexity index is 571. The van der Waals surface area contributed by atoms with Crippen LogP contribution < -0.4 is 5.69 Å². The van der Waals surface area contributed by atoms with Gasteiger partial charge in [0.1, 0.15) is 5.82 Å². The molecule has 0 saturated carbocycles. The van der Waals surface area contributed by atoms with E-state index in [4.69, 9.17) is 0 Å². The Morgan fingerprint density at radius 1 is 1.50 bits per heavy atom. The highest BCUT2D eigenvalue weighted by atomic mass is 79.9. The second-order valence-electron chi connectivity index (χ2n) is 3.56. The quantitative estimate of drug-likeness (QED) is 0.918. The van der Waals surface area contributed by atoms with E-state index in [1.165, 1.54) is 0 Å². The number of benzene rings is 1. The van der Waals surface area contributed by atoms with Gasteiger partial charge < -0.3 is 0 Å². The van der Waals surface area contributed by atoms with Crippen molar-refractivity contribution >= 4 is 15.9 Å². The van der Waals surface area contributed by atoms with E-state index >= 15 is 0 Å². The van der Waals surface area contributed by atoms with Gasteiger partial charge >= 0.3 is 5.69 Å². The fraction of sp³-hybridized carbons (Fsp3) is 0.273. The number of nitrogens with one attached hydrogen (secondary N) is 1. The molecule has 0 radical (unpaired) electrons. The van der Waals surface area contributed by atoms with Gasteiger partial charge in [-0.1, -0.05) is 22.9 Å². The van der Waals surface area contributed by atoms with Crippen LogP contribution in [0, 0.1) is 6.92 Å². The third-order valence-corrected chi connectivity index (χ3v) is 2.91. The van der Waals surface area contributed by atoms with Crippen molar-refractivity contribution < 1.29 is 0 Å². The number of H-pyrrole nitrogens is 1. The van der Waals surface area contributed by atoms with Crippen molar-refractivity contribution in [3.8, 4) is 5.69 Å². The van der Waals surface area contributed by atoms with E-state index < -0.39 is 0 Å². The zero-order valence-electron chi connectivity index (χ0n) is 9.12. The molecule has 4 nitrogen and oxygen atoms in total. The lowest BCUT2D eigenvalue weighted by Gasteiger charge is -2.08. The standard InChI is InChI=1S/C11H12BrN3O/c1-3-10-13-11(16)14-15(10)9-5-4-8(12)6-7(9)2/h4-6H,3H2,1-2H3,(H,14,16). The largest absolute Gasteiger partial charge is 0.361 e. The Balaban J connectivity index is 2.62. The van der Waals surface area contributed by atoms with Crippen molar-refractivity contribution in [1.82, 2.24) is 14.8 Å². The van der Waals surface area contributed by atoms with Gasteiger partial charge in [0.25, 0.3) is 0 Å². The zero-order chi connectivity index (χ0) is 11.7. The monoisotopic (exact) mass is 281 g/mol. The molecule has 5 heteroatoms. The summed E-state index contributed by atoms with van der Waals surface area (Å²) in [6, 6.07) is 5.91. The lowest BCUT2D eigenvalue weighted by molar-refractivity contribution is 0.792. The molecule has 0 aliphatic carbocycles. The third-order valence-electron chi connectivity index (χ3n) is 2.41. The van der Waals surface area contributed by atoms with Crippen molar-refractivity contribution in [2.24, 2.45) is 0 Å². The summed E-state index contributed by atoms with van der Waals surface area (Å²) in [4.78, 5) is 15.1. The predicted molar refractivity (Wildman–Crippen MR) is 66.0 cm³/mol. The van der Waals surface area contributed by atoms with Crippen LogP contribution in [0.2, 0.25) is 0 Å². The van der Waals surface area contributed by atoms with Crippen LogP contribution in [0.3, 0.4) is 0 Å². The van der Waals surface area contributed by atoms with Crippen molar-refractivity contribution in [3.63, 3.8) is 0 Å². The van der Waals surface area contributed by atoms with Gasteiger partial charge in [0.2, 0.25) is 0 Å². The fourth-order valence-electron chi connectivity index (χ4n) is 1.66. The minimum Gasteiger partial charge on any atom is -0.244 e. The Morgan fingerprint density at radius 3 is 2.88 bits per heavy atom. The molecule has 1 heterocycles. The maximum atomic E-state index is 11.2. The van der Waals surface area contributed by atoms with E-state index in [-0.39, 0.29) is 5.69 Å². The number of aryl methyl sites for hydroxylation is 2. The molecule has 0 atom stereocenters. The number of aromatic amines is 1. The summed E-state index contributed by atoms with van der Waals surface area (Å²) in [6.45, 7) is 3.97. The number of hydrogen-bond acceptors (Lipinski definition) is 2. The van der Waals surface area contributed by atoms with Crippen LogP contribution in [-0.4, -0.2) is 14.8 Å². The number of halogens is 1. The van der Waals surface area contributed by atoms with E-state index in [9.17, 15) is 4.79 Å². The fourth-order valence-corrected chi connectivity index (χ4v) is 2.13. The van der Waals surface area contributed by atoms with Crippen molar-refractivity contribution in [1.29, 1.82) is 0 Å². The molecular formula is C11H12BrN3O. The SMILES string of the molecule is CCc1nc(=O)[nH]n1-c1ccc(Br)cc1C. The normalized spacial score (nSPS) is 10.7. The first kappa shape index (κ1) is 11.1. The summed E-state index contributed by atoms with van der Waals surface area (Å²) in [5, 5.41) is 2.71. The summed E-state index contributed by atoms with van der Waals surface area (Å²) < 4.78 is 2.76. The predicted octanol–water partition coefficient (Wildman–Crippen LogP) is 2.19. The molecule has 1 aromatic carbocycles. The molecule has 1 N–H and O–H groups in total. The topological polar surface area (TPSA) is 50.7 Å². The maximum absolute atomic E-state index is 11.2. The summed E-state index contributed by atoms with van der Waals surface area (Å²) >= 11 is 3.41. The maximum Gasteiger partial charge on any atom is 0.361 e. The molecule has 0 bridgehead atoms. The number of nitrogens with zero attached hydrogens (tertiary/aromatic N) is 2. The van der Waals surface area contributed by atoms with Gasteiger partial charge in [0.05, 0.1) is 5.69 Å². The highest BCUT2D eigenvalue weighted by Crippen LogP contribution is 2.19. The van der Waals surface area contributed by atoms with Gasteiger partial charge in [0, 0.05) is 10.9 Å². The first-order valence-corrected chi connectivity index (χ1v) is 5.85. The molecule has 1 aromatic heterocycles. The number of aromatic nitrogens is 3. The molecule has 0 spiro atoms. The molecular weight excluding hydrogens is 270 g/mol. The minimum atomic E-state index is -0.306. The second-order valence-corrected chi connectivity index (χ2v) is 4.48. The molecule has 0 fully saturated rings. The summed E-state index contributed by atoms with van der Waals surface area (Å²) in [7, 11) is 0. The second kappa shape index (κ2) is 4.25. The average Bonchev–Trinajstić information content (AvgIpc) is 2.59. The van der Waals surface area contributed by atoms with Crippen LogP contribution in [-0.2, 0) is 6.42 Å². The lowest BCUT2D eigenvalue weighted by atomic mass is 10.2. The van der Waals surface area contributed by atoms with Crippen LogP contribution in [0.1, 0.15) is 18.3 Å². The Morgan fingerprint density at radius 2 is 2.25 bits per heavy atom. The van der Waals surface area contributed by atoms with Crippen molar-refractivity contribution in [2.45, 2.75) is 20.3 Å². The summed E-state index contributed by atoms with van der Waals surface area (Å²) in [5.74, 6) is 0.746. The molecule has 0 saturated heterocycles. The zero-order valence-corrected chi connectivity index (χ0v) is 10.7. The smallest absolute Gasteiger partial charge is 0.244 e. The van der Waals surface area contributed by atoms with Gasteiger partial charge in [-0.15, -0.1) is 0 Å². The molecule has 2 aromatic rings. The first-order chi connectivity index (χ1) is 7.61. The van der Waals surface area contributed by atoms with Crippen LogP contribution in [0.4, 0.5) is 0 Å². The summed E-state index contributed by atoms with van der Waals surface area (Å²) in [6.07, 6.45) is 0.717. The van der Waals surface area contributed by atoms with Gasteiger partial charge in [-0.2, -0.15) is 4.98 Å². The highest BCUT2D eigenvalue weighted by molar-refractivity contribution is 9.10. The average molecular weight is 282 g/mol. The van der Waals surface area contributed by atoms with Gasteiger partial charge in [-0.3, -0.25) is 0 Å². The van der Waals surface area contributed by atoms with E-state index in [1.54, 1.807) is 4.68 Å². The third kappa shape index (κ3) is 1.95. The Kier molecular flexibility index (Phi) is 2.96. The molecule has 0 unspecified atom stereocenters. The van der Waals surface area contributed by atoms with Gasteiger partial charge in [0.15, 0.2) is 0 Å². The van der Waals surface area contributed by atoms with Gasteiger partial charge in [-0.25, -0.2) is 14.6 Å². The van der Waals surface area contributed by atoms with Crippen LogP contribution in [0.25, 0.3) is 5.69 Å². The van der Waals surface area contributed by atoms with Crippen molar-refractivity contribution in [3.05, 3.63) is 44.5 Å². The molecule has 0 amide bonds. The minimum absolute atomic E-state index is 0.306. The number of hydrogen-bond donors (Lipinski definition) is 1. The Hall–Kier alpha value is -1.36. The van der Waals surface area contributed by atoms with E-state index in [1.807, 2.05) is 32.0 Å². The first-order valence-electron chi connectivity index (χ1n) is 5.06. The molecule has 0 aliphatic rings. The molecule has 2 rings (SSSR count). The lowest BCUT2D eigenvalue weighted by Crippen LogP contribution is -2.06. The highest BCUT2D eigenvalue weighted by Gasteiger charge is 2.08. The van der Waals surface area contributed by atoms with E-state index in [2.05, 4.69) is 26.0 Å². The molecule has 84 valence electrons. The van der Waals surface area contributed by atoms with E-state index in [0.717, 1.165) is 21.5 Å². The van der Waals surface area contributed by atoms with Crippen LogP contribution in [0.5, 0.6) is 0 Å². The summed E-state index contributed by atoms with van der Waals surface area (Å²) in [5.41, 5.74) is 1.73. The van der Waals surface area contributed by atoms with Crippen molar-refractivity contribution in [2.75, 3.05) is 0 Å². The Labute approximate surface area is 101 Å². The van der Waals surface area contributed by atoms with Gasteiger partial charge in [-0.05, 0) is 30.7 Å². The molecule has 16 heavy (non-hydrogen) atoms. The van der Waals surface area contributed by atoms with Crippen LogP contribution >= 0.6 is 15.9 Å². The molecule has 0 aliphatic heterocycles. The number of rotatable bonds is 2. The van der Waals surface area contributed by atoms with E-state index in [0.29, 0.717) is 6.42 Å².